The summed E-state index contributed by atoms with van der Waals surface area (Å²) in [5, 5.41) is 1.73. The van der Waals surface area contributed by atoms with E-state index in [9.17, 15) is 0 Å². The second kappa shape index (κ2) is 7.78. The quantitative estimate of drug-likeness (QED) is 0.592. The lowest BCUT2D eigenvalue weighted by Gasteiger charge is -2.15. The number of hydrogen-bond donors (Lipinski definition) is 1. The summed E-state index contributed by atoms with van der Waals surface area (Å²) in [4.78, 5) is 6.09. The summed E-state index contributed by atoms with van der Waals surface area (Å²) in [6.07, 6.45) is 0. The third-order valence-electron chi connectivity index (χ3n) is 4.45. The lowest BCUT2D eigenvalue weighted by atomic mass is 10.0. The first kappa shape index (κ1) is 18.9. The lowest BCUT2D eigenvalue weighted by Crippen LogP contribution is -2.00. The van der Waals surface area contributed by atoms with Crippen LogP contribution in [0.5, 0.6) is 5.75 Å². The van der Waals surface area contributed by atoms with Crippen LogP contribution in [-0.4, -0.2) is 11.6 Å². The van der Waals surface area contributed by atoms with Crippen molar-refractivity contribution in [1.29, 1.82) is 0 Å². The van der Waals surface area contributed by atoms with Crippen molar-refractivity contribution in [1.82, 2.24) is 4.98 Å². The van der Waals surface area contributed by atoms with E-state index < -0.39 is 0 Å². The molecule has 26 heavy (non-hydrogen) atoms. The van der Waals surface area contributed by atoms with Gasteiger partial charge in [0.05, 0.1) is 12.3 Å². The van der Waals surface area contributed by atoms with Crippen molar-refractivity contribution in [3.63, 3.8) is 0 Å². The molecule has 0 aliphatic heterocycles. The van der Waals surface area contributed by atoms with Crippen LogP contribution >= 0.6 is 22.9 Å². The smallest absolute Gasteiger partial charge is 0.129 e. The van der Waals surface area contributed by atoms with Crippen LogP contribution in [0.25, 0.3) is 21.8 Å². The largest absolute Gasteiger partial charge is 0.493 e. The monoisotopic (exact) mass is 386 g/mol. The molecule has 1 aromatic heterocycles. The summed E-state index contributed by atoms with van der Waals surface area (Å²) < 4.78 is 5.91. The molecule has 0 atom stereocenters. The number of benzene rings is 2. The fraction of sp³-hybridized carbons (Fsp3) is 0.286. The maximum Gasteiger partial charge on any atom is 0.129 e. The van der Waals surface area contributed by atoms with Crippen LogP contribution in [0.3, 0.4) is 0 Å². The number of nitrogens with zero attached hydrogens (tertiary/aromatic N) is 1. The highest BCUT2D eigenvalue weighted by atomic mass is 35.5. The van der Waals surface area contributed by atoms with E-state index in [0.717, 1.165) is 54.2 Å². The fourth-order valence-electron chi connectivity index (χ4n) is 3.14. The van der Waals surface area contributed by atoms with E-state index in [1.54, 1.807) is 11.3 Å². The fourth-order valence-corrected chi connectivity index (χ4v) is 4.27. The van der Waals surface area contributed by atoms with Gasteiger partial charge in [-0.1, -0.05) is 35.9 Å². The normalized spacial score (nSPS) is 11.0. The second-order valence-electron chi connectivity index (χ2n) is 6.22. The first-order chi connectivity index (χ1) is 12.5. The van der Waals surface area contributed by atoms with Gasteiger partial charge in [-0.25, -0.2) is 4.98 Å². The predicted octanol–water partition coefficient (Wildman–Crippen LogP) is 5.91. The molecule has 0 saturated heterocycles. The van der Waals surface area contributed by atoms with Crippen LogP contribution in [0.4, 0.5) is 0 Å². The molecule has 0 aliphatic carbocycles. The second-order valence-corrected chi connectivity index (χ2v) is 7.80. The van der Waals surface area contributed by atoms with E-state index in [2.05, 4.69) is 13.0 Å². The molecule has 2 N–H and O–H groups in total. The van der Waals surface area contributed by atoms with Crippen molar-refractivity contribution in [2.24, 2.45) is 5.73 Å². The van der Waals surface area contributed by atoms with Gasteiger partial charge < -0.3 is 10.5 Å². The van der Waals surface area contributed by atoms with Gasteiger partial charge in [0.2, 0.25) is 0 Å². The zero-order valence-electron chi connectivity index (χ0n) is 15.5. The van der Waals surface area contributed by atoms with Crippen molar-refractivity contribution in [3.05, 3.63) is 56.9 Å². The Labute approximate surface area is 163 Å². The summed E-state index contributed by atoms with van der Waals surface area (Å²) in [6.45, 7) is 9.19. The third-order valence-corrected chi connectivity index (χ3v) is 6.03. The number of hydrogen-bond acceptors (Lipinski definition) is 4. The molecule has 136 valence electrons. The van der Waals surface area contributed by atoms with Gasteiger partial charge in [-0.05, 0) is 50.5 Å². The molecule has 0 radical (unpaired) electrons. The van der Waals surface area contributed by atoms with E-state index >= 15 is 0 Å². The van der Waals surface area contributed by atoms with Crippen molar-refractivity contribution in [3.8, 4) is 27.6 Å². The van der Waals surface area contributed by atoms with Crippen molar-refractivity contribution in [2.45, 2.75) is 34.2 Å². The average Bonchev–Trinajstić information content (AvgIpc) is 3.01. The van der Waals surface area contributed by atoms with Gasteiger partial charge in [0.15, 0.2) is 0 Å². The first-order valence-corrected chi connectivity index (χ1v) is 9.86. The van der Waals surface area contributed by atoms with Gasteiger partial charge in [0.25, 0.3) is 0 Å². The number of aryl methyl sites for hydroxylation is 2. The summed E-state index contributed by atoms with van der Waals surface area (Å²) in [7, 11) is 0. The third kappa shape index (κ3) is 3.37. The molecule has 0 unspecified atom stereocenters. The molecular weight excluding hydrogens is 364 g/mol. The molecule has 3 aromatic rings. The molecule has 0 fully saturated rings. The number of ether oxygens (including phenoxy) is 1. The maximum atomic E-state index is 6.53. The van der Waals surface area contributed by atoms with E-state index in [-0.39, 0.29) is 0 Å². The molecule has 0 amide bonds. The Bertz CT molecular complexity index is 949. The van der Waals surface area contributed by atoms with Crippen LogP contribution < -0.4 is 10.5 Å². The minimum absolute atomic E-state index is 0.490. The molecule has 3 nitrogen and oxygen atoms in total. The Morgan fingerprint density at radius 1 is 1.19 bits per heavy atom. The van der Waals surface area contributed by atoms with E-state index in [1.807, 2.05) is 45.0 Å². The van der Waals surface area contributed by atoms with Gasteiger partial charge in [-0.3, -0.25) is 0 Å². The number of aromatic nitrogens is 1. The van der Waals surface area contributed by atoms with Crippen molar-refractivity contribution >= 4 is 22.9 Å². The Morgan fingerprint density at radius 3 is 2.62 bits per heavy atom. The minimum atomic E-state index is 0.490. The molecule has 2 aromatic carbocycles. The van der Waals surface area contributed by atoms with E-state index in [1.165, 1.54) is 0 Å². The molecule has 5 heteroatoms. The molecule has 0 saturated carbocycles. The number of rotatable bonds is 5. The summed E-state index contributed by atoms with van der Waals surface area (Å²) in [5.41, 5.74) is 12.0. The Kier molecular flexibility index (Phi) is 5.66. The highest BCUT2D eigenvalue weighted by Gasteiger charge is 2.21. The zero-order valence-corrected chi connectivity index (χ0v) is 17.1. The van der Waals surface area contributed by atoms with E-state index in [4.69, 9.17) is 27.1 Å². The summed E-state index contributed by atoms with van der Waals surface area (Å²) in [6, 6.07) is 10.1. The topological polar surface area (TPSA) is 48.1 Å². The standard InChI is InChI=1S/C21H23ClN2OS/c1-5-25-17-10-12(2)19(22)13(3)18(17)20-14(4)26-21(24-20)16-9-7-6-8-15(16)11-23/h6-10H,5,11,23H2,1-4H3. The van der Waals surface area contributed by atoms with Crippen molar-refractivity contribution in [2.75, 3.05) is 6.61 Å². The van der Waals surface area contributed by atoms with Gasteiger partial charge >= 0.3 is 0 Å². The predicted molar refractivity (Wildman–Crippen MR) is 111 cm³/mol. The van der Waals surface area contributed by atoms with Gasteiger partial charge in [-0.2, -0.15) is 0 Å². The van der Waals surface area contributed by atoms with Gasteiger partial charge in [-0.15, -0.1) is 11.3 Å². The number of halogens is 1. The average molecular weight is 387 g/mol. The van der Waals surface area contributed by atoms with Crippen LogP contribution in [0.15, 0.2) is 30.3 Å². The maximum absolute atomic E-state index is 6.53. The Morgan fingerprint density at radius 2 is 1.92 bits per heavy atom. The number of thiazole rings is 1. The van der Waals surface area contributed by atoms with E-state index in [0.29, 0.717) is 13.2 Å². The number of nitrogens with two attached hydrogens (primary N) is 1. The molecule has 0 bridgehead atoms. The highest BCUT2D eigenvalue weighted by Crippen LogP contribution is 2.43. The SMILES string of the molecule is CCOc1cc(C)c(Cl)c(C)c1-c1nc(-c2ccccc2CN)sc1C. The Hall–Kier alpha value is -1.88. The molecule has 1 heterocycles. The summed E-state index contributed by atoms with van der Waals surface area (Å²) >= 11 is 8.20. The van der Waals surface area contributed by atoms with Gasteiger partial charge in [0.1, 0.15) is 10.8 Å². The molecule has 0 aliphatic rings. The lowest BCUT2D eigenvalue weighted by molar-refractivity contribution is 0.341. The Balaban J connectivity index is 2.21. The molecule has 3 rings (SSSR count). The van der Waals surface area contributed by atoms with Gasteiger partial charge in [0, 0.05) is 27.6 Å². The zero-order chi connectivity index (χ0) is 18.8. The minimum Gasteiger partial charge on any atom is -0.493 e. The summed E-state index contributed by atoms with van der Waals surface area (Å²) in [5.74, 6) is 0.832. The first-order valence-electron chi connectivity index (χ1n) is 8.66. The highest BCUT2D eigenvalue weighted by molar-refractivity contribution is 7.15. The van der Waals surface area contributed by atoms with Crippen LogP contribution in [0, 0.1) is 20.8 Å². The molecular formula is C21H23ClN2OS. The van der Waals surface area contributed by atoms with Crippen LogP contribution in [0.1, 0.15) is 28.5 Å². The van der Waals surface area contributed by atoms with Crippen molar-refractivity contribution < 1.29 is 4.74 Å². The molecule has 0 spiro atoms. The van der Waals surface area contributed by atoms with Crippen LogP contribution in [-0.2, 0) is 6.54 Å². The van der Waals surface area contributed by atoms with Crippen LogP contribution in [0.2, 0.25) is 5.02 Å².